The number of benzene rings is 2. The maximum Gasteiger partial charge on any atom is 0.259 e. The molecule has 3 rings (SSSR count). The number of aryl methyl sites for hydroxylation is 1. The number of carbonyl (C=O) groups excluding carboxylic acids is 2. The molecule has 0 aliphatic rings. The topological polar surface area (TPSA) is 107 Å². The number of phenolic OH excluding ortho intramolecular Hbond substituents is 1. The molecule has 2 amide bonds. The van der Waals surface area contributed by atoms with Crippen molar-refractivity contribution >= 4 is 28.9 Å². The minimum absolute atomic E-state index is 0.109. The van der Waals surface area contributed by atoms with Gasteiger partial charge in [0.2, 0.25) is 0 Å². The molecule has 1 heterocycles. The fourth-order valence-electron chi connectivity index (χ4n) is 2.59. The normalized spacial score (nSPS) is 11.0. The second kappa shape index (κ2) is 7.52. The molecule has 0 aliphatic heterocycles. The Kier molecular flexibility index (Phi) is 4.98. The molecule has 0 saturated heterocycles. The number of nitrogens with one attached hydrogen (secondary N) is 3. The van der Waals surface area contributed by atoms with Crippen LogP contribution in [0.1, 0.15) is 21.6 Å². The first kappa shape index (κ1) is 17.2. The Morgan fingerprint density at radius 1 is 1.15 bits per heavy atom. The Morgan fingerprint density at radius 3 is 2.69 bits per heavy atom. The van der Waals surface area contributed by atoms with Crippen molar-refractivity contribution in [1.82, 2.24) is 15.7 Å². The summed E-state index contributed by atoms with van der Waals surface area (Å²) in [7, 11) is 0. The minimum atomic E-state index is -0.533. The summed E-state index contributed by atoms with van der Waals surface area (Å²) in [4.78, 5) is 27.0. The van der Waals surface area contributed by atoms with Crippen LogP contribution in [0.25, 0.3) is 10.9 Å². The van der Waals surface area contributed by atoms with Crippen molar-refractivity contribution in [3.8, 4) is 5.75 Å². The molecule has 7 nitrogen and oxygen atoms in total. The summed E-state index contributed by atoms with van der Waals surface area (Å²) in [6.07, 6.45) is 1.57. The number of carbonyl (C=O) groups is 2. The van der Waals surface area contributed by atoms with E-state index in [1.54, 1.807) is 18.3 Å². The van der Waals surface area contributed by atoms with E-state index in [2.05, 4.69) is 20.8 Å². The molecule has 2 aromatic carbocycles. The van der Waals surface area contributed by atoms with Crippen molar-refractivity contribution < 1.29 is 14.7 Å². The maximum atomic E-state index is 11.9. The monoisotopic (exact) mass is 350 g/mol. The molecule has 1 aromatic heterocycles. The number of nitrogens with zero attached hydrogens (tertiary/aromatic N) is 1. The first-order valence-corrected chi connectivity index (χ1v) is 8.01. The molecule has 0 fully saturated rings. The third-order valence-electron chi connectivity index (χ3n) is 3.88. The SMILES string of the molecule is Cc1[nH]c2ccccc2c1/C=N/NC(=O)CNC(=O)c1ccccc1O. The fraction of sp³-hybridized carbons (Fsp3) is 0.105. The third kappa shape index (κ3) is 3.72. The summed E-state index contributed by atoms with van der Waals surface area (Å²) in [5.74, 6) is -1.14. The van der Waals surface area contributed by atoms with Crippen LogP contribution in [0.3, 0.4) is 0 Å². The number of hydrazone groups is 1. The van der Waals surface area contributed by atoms with Crippen molar-refractivity contribution in [2.75, 3.05) is 6.54 Å². The number of hydrogen-bond acceptors (Lipinski definition) is 4. The lowest BCUT2D eigenvalue weighted by atomic mass is 10.1. The van der Waals surface area contributed by atoms with E-state index in [0.29, 0.717) is 0 Å². The van der Waals surface area contributed by atoms with Crippen LogP contribution in [0.4, 0.5) is 0 Å². The summed E-state index contributed by atoms with van der Waals surface area (Å²) in [5.41, 5.74) is 5.31. The van der Waals surface area contributed by atoms with Crippen LogP contribution in [0.5, 0.6) is 5.75 Å². The quantitative estimate of drug-likeness (QED) is 0.418. The van der Waals surface area contributed by atoms with Crippen LogP contribution in [-0.2, 0) is 4.79 Å². The number of phenols is 1. The second-order valence-electron chi connectivity index (χ2n) is 5.70. The molecule has 0 spiro atoms. The molecule has 0 atom stereocenters. The van der Waals surface area contributed by atoms with E-state index in [0.717, 1.165) is 22.2 Å². The van der Waals surface area contributed by atoms with Crippen LogP contribution < -0.4 is 10.7 Å². The van der Waals surface area contributed by atoms with E-state index >= 15 is 0 Å². The van der Waals surface area contributed by atoms with Gasteiger partial charge >= 0.3 is 0 Å². The molecule has 0 aliphatic carbocycles. The van der Waals surface area contributed by atoms with Gasteiger partial charge in [0, 0.05) is 22.2 Å². The molecular weight excluding hydrogens is 332 g/mol. The zero-order valence-corrected chi connectivity index (χ0v) is 14.1. The molecule has 26 heavy (non-hydrogen) atoms. The predicted octanol–water partition coefficient (Wildman–Crippen LogP) is 2.06. The van der Waals surface area contributed by atoms with Gasteiger partial charge in [-0.1, -0.05) is 30.3 Å². The van der Waals surface area contributed by atoms with Crippen molar-refractivity contribution in [2.24, 2.45) is 5.10 Å². The first-order valence-electron chi connectivity index (χ1n) is 8.01. The minimum Gasteiger partial charge on any atom is -0.507 e. The van der Waals surface area contributed by atoms with Gasteiger partial charge in [0.05, 0.1) is 18.3 Å². The molecule has 4 N–H and O–H groups in total. The molecule has 0 radical (unpaired) electrons. The summed E-state index contributed by atoms with van der Waals surface area (Å²) in [5, 5.41) is 17.0. The van der Waals surface area contributed by atoms with E-state index < -0.39 is 11.8 Å². The van der Waals surface area contributed by atoms with Gasteiger partial charge in [0.1, 0.15) is 5.75 Å². The molecule has 3 aromatic rings. The van der Waals surface area contributed by atoms with E-state index in [9.17, 15) is 14.7 Å². The standard InChI is InChI=1S/C19H18N4O3/c1-12-15(13-6-2-4-8-16(13)22-12)10-21-23-18(25)11-20-19(26)14-7-3-5-9-17(14)24/h2-10,22,24H,11H2,1H3,(H,20,26)(H,23,25)/b21-10+. The summed E-state index contributed by atoms with van der Waals surface area (Å²) >= 11 is 0. The number of para-hydroxylation sites is 2. The Morgan fingerprint density at radius 2 is 1.88 bits per heavy atom. The summed E-state index contributed by atoms with van der Waals surface area (Å²) in [6, 6.07) is 13.9. The largest absolute Gasteiger partial charge is 0.507 e. The predicted molar refractivity (Wildman–Crippen MR) is 99.2 cm³/mol. The second-order valence-corrected chi connectivity index (χ2v) is 5.70. The highest BCUT2D eigenvalue weighted by Gasteiger charge is 2.11. The molecular formula is C19H18N4O3. The van der Waals surface area contributed by atoms with E-state index in [-0.39, 0.29) is 17.9 Å². The van der Waals surface area contributed by atoms with E-state index in [4.69, 9.17) is 0 Å². The highest BCUT2D eigenvalue weighted by Crippen LogP contribution is 2.19. The molecule has 132 valence electrons. The van der Waals surface area contributed by atoms with Gasteiger partial charge in [0.15, 0.2) is 0 Å². The smallest absolute Gasteiger partial charge is 0.259 e. The number of fused-ring (bicyclic) bond motifs is 1. The lowest BCUT2D eigenvalue weighted by Gasteiger charge is -2.05. The van der Waals surface area contributed by atoms with Crippen LogP contribution in [0.2, 0.25) is 0 Å². The van der Waals surface area contributed by atoms with E-state index in [1.807, 2.05) is 31.2 Å². The third-order valence-corrected chi connectivity index (χ3v) is 3.88. The maximum absolute atomic E-state index is 11.9. The lowest BCUT2D eigenvalue weighted by Crippen LogP contribution is -2.34. The van der Waals surface area contributed by atoms with Gasteiger partial charge in [-0.15, -0.1) is 0 Å². The number of aromatic amines is 1. The Labute approximate surface area is 149 Å². The number of amides is 2. The number of hydrogen-bond donors (Lipinski definition) is 4. The van der Waals surface area contributed by atoms with Gasteiger partial charge in [-0.05, 0) is 25.1 Å². The van der Waals surface area contributed by atoms with Gasteiger partial charge in [-0.3, -0.25) is 9.59 Å². The number of aromatic nitrogens is 1. The molecule has 0 unspecified atom stereocenters. The van der Waals surface area contributed by atoms with Crippen LogP contribution in [-0.4, -0.2) is 34.7 Å². The number of rotatable bonds is 5. The number of H-pyrrole nitrogens is 1. The van der Waals surface area contributed by atoms with E-state index in [1.165, 1.54) is 12.1 Å². The highest BCUT2D eigenvalue weighted by atomic mass is 16.3. The zero-order chi connectivity index (χ0) is 18.5. The Balaban J connectivity index is 1.57. The number of aromatic hydroxyl groups is 1. The van der Waals surface area contributed by atoms with Gasteiger partial charge in [-0.2, -0.15) is 5.10 Å². The van der Waals surface area contributed by atoms with Crippen molar-refractivity contribution in [1.29, 1.82) is 0 Å². The van der Waals surface area contributed by atoms with Crippen molar-refractivity contribution in [3.63, 3.8) is 0 Å². The van der Waals surface area contributed by atoms with Crippen molar-refractivity contribution in [2.45, 2.75) is 6.92 Å². The Bertz CT molecular complexity index is 991. The average molecular weight is 350 g/mol. The zero-order valence-electron chi connectivity index (χ0n) is 14.1. The van der Waals surface area contributed by atoms with Gasteiger partial charge in [-0.25, -0.2) is 5.43 Å². The summed E-state index contributed by atoms with van der Waals surface area (Å²) in [6.45, 7) is 1.67. The fourth-order valence-corrected chi connectivity index (χ4v) is 2.59. The molecule has 0 bridgehead atoms. The highest BCUT2D eigenvalue weighted by molar-refractivity contribution is 6.01. The lowest BCUT2D eigenvalue weighted by molar-refractivity contribution is -0.120. The van der Waals surface area contributed by atoms with Crippen LogP contribution in [0.15, 0.2) is 53.6 Å². The Hall–Kier alpha value is -3.61. The summed E-state index contributed by atoms with van der Waals surface area (Å²) < 4.78 is 0. The van der Waals surface area contributed by atoms with Crippen molar-refractivity contribution in [3.05, 3.63) is 65.4 Å². The van der Waals surface area contributed by atoms with Gasteiger partial charge in [0.25, 0.3) is 11.8 Å². The van der Waals surface area contributed by atoms with Crippen LogP contribution in [0, 0.1) is 6.92 Å². The van der Waals surface area contributed by atoms with Gasteiger partial charge < -0.3 is 15.4 Å². The van der Waals surface area contributed by atoms with Crippen LogP contribution >= 0.6 is 0 Å². The molecule has 7 heteroatoms. The average Bonchev–Trinajstić information content (AvgIpc) is 2.95. The first-order chi connectivity index (χ1) is 12.6. The molecule has 0 saturated carbocycles.